The molecule has 0 spiro atoms. The molecule has 0 radical (unpaired) electrons. The van der Waals surface area contributed by atoms with E-state index in [1.165, 1.54) is 44.5 Å². The number of aromatic nitrogens is 2. The number of carbonyl (C=O) groups is 2. The van der Waals surface area contributed by atoms with Crippen molar-refractivity contribution in [1.82, 2.24) is 20.2 Å². The van der Waals surface area contributed by atoms with Gasteiger partial charge in [-0.15, -0.1) is 0 Å². The Morgan fingerprint density at radius 2 is 2.00 bits per heavy atom. The van der Waals surface area contributed by atoms with Crippen LogP contribution < -0.4 is 5.32 Å². The van der Waals surface area contributed by atoms with Crippen LogP contribution in [0.4, 0.5) is 0 Å². The van der Waals surface area contributed by atoms with Crippen LogP contribution in [0.1, 0.15) is 74.7 Å². The third kappa shape index (κ3) is 3.85. The van der Waals surface area contributed by atoms with Gasteiger partial charge in [0, 0.05) is 43.4 Å². The van der Waals surface area contributed by atoms with Gasteiger partial charge in [-0.25, -0.2) is 4.98 Å². The van der Waals surface area contributed by atoms with Gasteiger partial charge in [0.15, 0.2) is 0 Å². The molecule has 1 aliphatic heterocycles. The average molecular weight is 370 g/mol. The smallest absolute Gasteiger partial charge is 0.271 e. The molecule has 1 saturated heterocycles. The molecule has 6 heteroatoms. The third-order valence-electron chi connectivity index (χ3n) is 6.97. The Morgan fingerprint density at radius 3 is 2.78 bits per heavy atom. The van der Waals surface area contributed by atoms with Crippen LogP contribution in [-0.4, -0.2) is 45.8 Å². The van der Waals surface area contributed by atoms with Gasteiger partial charge in [0.05, 0.1) is 6.20 Å². The number of rotatable bonds is 5. The van der Waals surface area contributed by atoms with E-state index in [9.17, 15) is 9.59 Å². The van der Waals surface area contributed by atoms with Crippen molar-refractivity contribution in [2.45, 2.75) is 70.3 Å². The molecule has 0 aromatic carbocycles. The molecular weight excluding hydrogens is 340 g/mol. The summed E-state index contributed by atoms with van der Waals surface area (Å²) < 4.78 is 0. The zero-order valence-electron chi connectivity index (χ0n) is 16.0. The number of amides is 2. The number of fused-ring (bicyclic) bond motifs is 1. The fourth-order valence-electron chi connectivity index (χ4n) is 5.51. The first-order chi connectivity index (χ1) is 13.2. The molecule has 2 heterocycles. The fourth-order valence-corrected chi connectivity index (χ4v) is 5.51. The number of hydrogen-bond acceptors (Lipinski definition) is 4. The van der Waals surface area contributed by atoms with Crippen LogP contribution in [0.25, 0.3) is 0 Å². The lowest BCUT2D eigenvalue weighted by Gasteiger charge is -2.47. The Hall–Kier alpha value is -1.98. The van der Waals surface area contributed by atoms with Crippen LogP contribution in [-0.2, 0) is 4.79 Å². The first kappa shape index (κ1) is 18.4. The zero-order chi connectivity index (χ0) is 18.7. The molecule has 27 heavy (non-hydrogen) atoms. The Bertz CT molecular complexity index is 674. The van der Waals surface area contributed by atoms with Crippen LogP contribution in [0, 0.1) is 11.3 Å². The average Bonchev–Trinajstić information content (AvgIpc) is 3.14. The first-order valence-electron chi connectivity index (χ1n) is 10.5. The number of likely N-dealkylation sites (tertiary alicyclic amines) is 1. The second-order valence-electron chi connectivity index (χ2n) is 8.59. The van der Waals surface area contributed by atoms with Crippen LogP contribution in [0.5, 0.6) is 0 Å². The minimum absolute atomic E-state index is 0.0282. The summed E-state index contributed by atoms with van der Waals surface area (Å²) in [5, 5.41) is 3.09. The van der Waals surface area contributed by atoms with E-state index in [0.29, 0.717) is 30.5 Å². The minimum Gasteiger partial charge on any atom is -0.350 e. The standard InChI is InChI=1S/C21H30N4O2/c26-19-8-10-21(15-24-20(27)17-13-22-11-12-23-17)9-4-7-18(21)25(19)14-16-5-2-1-3-6-16/h11-13,16,18H,1-10,14-15H2,(H,24,27)/t18-,21+/m1/s1. The monoisotopic (exact) mass is 370 g/mol. The Labute approximate surface area is 161 Å². The summed E-state index contributed by atoms with van der Waals surface area (Å²) in [6, 6.07) is 0.280. The van der Waals surface area contributed by atoms with Crippen molar-refractivity contribution in [2.75, 3.05) is 13.1 Å². The summed E-state index contributed by atoms with van der Waals surface area (Å²) in [5.74, 6) is 0.815. The highest BCUT2D eigenvalue weighted by atomic mass is 16.2. The van der Waals surface area contributed by atoms with E-state index in [-0.39, 0.29) is 17.4 Å². The van der Waals surface area contributed by atoms with Crippen molar-refractivity contribution in [3.63, 3.8) is 0 Å². The number of hydrogen-bond donors (Lipinski definition) is 1. The van der Waals surface area contributed by atoms with Crippen molar-refractivity contribution >= 4 is 11.8 Å². The highest BCUT2D eigenvalue weighted by Gasteiger charge is 2.50. The molecule has 3 fully saturated rings. The van der Waals surface area contributed by atoms with Gasteiger partial charge >= 0.3 is 0 Å². The van der Waals surface area contributed by atoms with Crippen molar-refractivity contribution < 1.29 is 9.59 Å². The summed E-state index contributed by atoms with van der Waals surface area (Å²) in [6.07, 6.45) is 15.9. The molecule has 1 aromatic rings. The Morgan fingerprint density at radius 1 is 1.15 bits per heavy atom. The predicted molar refractivity (Wildman–Crippen MR) is 102 cm³/mol. The quantitative estimate of drug-likeness (QED) is 0.865. The maximum Gasteiger partial charge on any atom is 0.271 e. The number of carbonyl (C=O) groups excluding carboxylic acids is 2. The van der Waals surface area contributed by atoms with Gasteiger partial charge in [0.2, 0.25) is 5.91 Å². The molecular formula is C21H30N4O2. The maximum atomic E-state index is 12.7. The minimum atomic E-state index is -0.168. The first-order valence-corrected chi connectivity index (χ1v) is 10.5. The van der Waals surface area contributed by atoms with E-state index in [0.717, 1.165) is 32.2 Å². The Kier molecular flexibility index (Phi) is 5.41. The van der Waals surface area contributed by atoms with Gasteiger partial charge in [0.25, 0.3) is 5.91 Å². The number of nitrogens with zero attached hydrogens (tertiary/aromatic N) is 3. The molecule has 1 aromatic heterocycles. The van der Waals surface area contributed by atoms with Crippen LogP contribution >= 0.6 is 0 Å². The molecule has 3 aliphatic rings. The van der Waals surface area contributed by atoms with Crippen molar-refractivity contribution in [3.05, 3.63) is 24.3 Å². The highest BCUT2D eigenvalue weighted by Crippen LogP contribution is 2.48. The highest BCUT2D eigenvalue weighted by molar-refractivity contribution is 5.91. The molecule has 1 N–H and O–H groups in total. The Balaban J connectivity index is 1.44. The fraction of sp³-hybridized carbons (Fsp3) is 0.714. The molecule has 6 nitrogen and oxygen atoms in total. The summed E-state index contributed by atoms with van der Waals surface area (Å²) in [6.45, 7) is 1.55. The second-order valence-corrected chi connectivity index (χ2v) is 8.59. The SMILES string of the molecule is O=C(NC[C@@]12CCC[C@H]1N(CC1CCCCC1)C(=O)CC2)c1cnccn1. The summed E-state index contributed by atoms with van der Waals surface area (Å²) >= 11 is 0. The van der Waals surface area contributed by atoms with Gasteiger partial charge in [0.1, 0.15) is 5.69 Å². The molecule has 0 unspecified atom stereocenters. The van der Waals surface area contributed by atoms with E-state index < -0.39 is 0 Å². The van der Waals surface area contributed by atoms with Gasteiger partial charge < -0.3 is 10.2 Å². The predicted octanol–water partition coefficient (Wildman–Crippen LogP) is 2.95. The van der Waals surface area contributed by atoms with Gasteiger partial charge in [-0.3, -0.25) is 14.6 Å². The molecule has 2 aliphatic carbocycles. The van der Waals surface area contributed by atoms with E-state index in [2.05, 4.69) is 20.2 Å². The number of piperidine rings is 1. The van der Waals surface area contributed by atoms with Crippen molar-refractivity contribution in [2.24, 2.45) is 11.3 Å². The lowest BCUT2D eigenvalue weighted by atomic mass is 9.74. The van der Waals surface area contributed by atoms with Gasteiger partial charge in [-0.05, 0) is 38.0 Å². The molecule has 146 valence electrons. The van der Waals surface area contributed by atoms with E-state index in [1.54, 1.807) is 6.20 Å². The van der Waals surface area contributed by atoms with E-state index >= 15 is 0 Å². The molecule has 2 atom stereocenters. The zero-order valence-corrected chi connectivity index (χ0v) is 16.0. The van der Waals surface area contributed by atoms with E-state index in [1.807, 2.05) is 0 Å². The molecule has 0 bridgehead atoms. The molecule has 4 rings (SSSR count). The summed E-state index contributed by atoms with van der Waals surface area (Å²) in [5.41, 5.74) is 0.384. The summed E-state index contributed by atoms with van der Waals surface area (Å²) in [7, 11) is 0. The molecule has 2 amide bonds. The van der Waals surface area contributed by atoms with Gasteiger partial charge in [-0.2, -0.15) is 0 Å². The van der Waals surface area contributed by atoms with Gasteiger partial charge in [-0.1, -0.05) is 25.7 Å². The van der Waals surface area contributed by atoms with E-state index in [4.69, 9.17) is 0 Å². The largest absolute Gasteiger partial charge is 0.350 e. The lowest BCUT2D eigenvalue weighted by Crippen LogP contribution is -2.57. The van der Waals surface area contributed by atoms with Crippen molar-refractivity contribution in [1.29, 1.82) is 0 Å². The van der Waals surface area contributed by atoms with Crippen molar-refractivity contribution in [3.8, 4) is 0 Å². The normalized spacial score (nSPS) is 28.8. The lowest BCUT2D eigenvalue weighted by molar-refractivity contribution is -0.142. The topological polar surface area (TPSA) is 75.2 Å². The number of nitrogens with one attached hydrogen (secondary N) is 1. The molecule has 2 saturated carbocycles. The summed E-state index contributed by atoms with van der Waals surface area (Å²) in [4.78, 5) is 35.4. The second kappa shape index (κ2) is 7.95. The maximum absolute atomic E-state index is 12.7. The van der Waals surface area contributed by atoms with Crippen LogP contribution in [0.2, 0.25) is 0 Å². The van der Waals surface area contributed by atoms with Crippen LogP contribution in [0.3, 0.4) is 0 Å². The van der Waals surface area contributed by atoms with Crippen LogP contribution in [0.15, 0.2) is 18.6 Å². The third-order valence-corrected chi connectivity index (χ3v) is 6.97.